The van der Waals surface area contributed by atoms with E-state index in [0.29, 0.717) is 5.75 Å². The van der Waals surface area contributed by atoms with Crippen LogP contribution in [0, 0.1) is 0 Å². The zero-order valence-corrected chi connectivity index (χ0v) is 6.11. The van der Waals surface area contributed by atoms with E-state index < -0.39 is 0 Å². The molecule has 0 saturated carbocycles. The normalized spacial score (nSPS) is 7.00. The summed E-state index contributed by atoms with van der Waals surface area (Å²) in [6.07, 6.45) is 0. The van der Waals surface area contributed by atoms with Gasteiger partial charge in [0.15, 0.2) is 0 Å². The van der Waals surface area contributed by atoms with Crippen molar-refractivity contribution in [1.82, 2.24) is 0 Å². The number of thiol groups is 1. The molecule has 0 unspecified atom stereocenters. The molecule has 0 aliphatic rings. The fourth-order valence-electron chi connectivity index (χ4n) is 0. The maximum atomic E-state index is 9.44. The second-order valence-electron chi connectivity index (χ2n) is 1.36. The van der Waals surface area contributed by atoms with Gasteiger partial charge in [0.2, 0.25) is 0 Å². The van der Waals surface area contributed by atoms with Gasteiger partial charge in [0.05, 0.1) is 6.61 Å². The summed E-state index contributed by atoms with van der Waals surface area (Å²) in [7, 11) is 0. The molecule has 0 spiro atoms. The summed E-state index contributed by atoms with van der Waals surface area (Å²) in [6.45, 7) is 3.24. The topological polar surface area (TPSA) is 37.3 Å². The maximum Gasteiger partial charge on any atom is 0.126 e. The first kappa shape index (κ1) is 10.9. The molecular formula is C5H12O2S. The van der Waals surface area contributed by atoms with Gasteiger partial charge in [0.1, 0.15) is 5.78 Å². The molecule has 50 valence electrons. The number of hydrogen-bond donors (Lipinski definition) is 2. The van der Waals surface area contributed by atoms with Crippen LogP contribution in [0.15, 0.2) is 0 Å². The Labute approximate surface area is 55.3 Å². The first-order valence-electron chi connectivity index (χ1n) is 2.34. The van der Waals surface area contributed by atoms with Gasteiger partial charge in [-0.05, 0) is 13.8 Å². The minimum atomic E-state index is 0.167. The summed E-state index contributed by atoms with van der Waals surface area (Å²) in [6, 6.07) is 0. The van der Waals surface area contributed by atoms with Gasteiger partial charge in [0, 0.05) is 5.75 Å². The largest absolute Gasteiger partial charge is 0.396 e. The molecule has 0 aliphatic heterocycles. The molecule has 0 atom stereocenters. The zero-order chi connectivity index (χ0) is 6.99. The molecule has 0 aromatic rings. The minimum absolute atomic E-state index is 0.167. The van der Waals surface area contributed by atoms with Crippen molar-refractivity contribution in [3.8, 4) is 0 Å². The number of rotatable bonds is 1. The Bertz CT molecular complexity index is 48.4. The summed E-state index contributed by atoms with van der Waals surface area (Å²) >= 11 is 3.67. The highest BCUT2D eigenvalue weighted by Crippen LogP contribution is 1.61. The van der Waals surface area contributed by atoms with Crippen molar-refractivity contribution >= 4 is 18.4 Å². The van der Waals surface area contributed by atoms with Gasteiger partial charge in [-0.3, -0.25) is 0 Å². The third kappa shape index (κ3) is 154. The van der Waals surface area contributed by atoms with E-state index in [-0.39, 0.29) is 12.4 Å². The molecule has 0 aliphatic carbocycles. The zero-order valence-electron chi connectivity index (χ0n) is 5.22. The van der Waals surface area contributed by atoms with Crippen LogP contribution in [0.1, 0.15) is 13.8 Å². The number of aliphatic hydroxyl groups is 1. The van der Waals surface area contributed by atoms with Crippen LogP contribution >= 0.6 is 12.6 Å². The Kier molecular flexibility index (Phi) is 13.7. The van der Waals surface area contributed by atoms with Gasteiger partial charge in [0.25, 0.3) is 0 Å². The standard InChI is InChI=1S/C3H6O.C2H6OS/c1-3(2)4;3-1-2-4/h1-2H3;3-4H,1-2H2. The monoisotopic (exact) mass is 136 g/mol. The second kappa shape index (κ2) is 10.1. The molecule has 0 amide bonds. The molecule has 0 heterocycles. The first-order valence-corrected chi connectivity index (χ1v) is 2.97. The van der Waals surface area contributed by atoms with Gasteiger partial charge in [-0.15, -0.1) is 0 Å². The molecule has 0 radical (unpaired) electrons. The van der Waals surface area contributed by atoms with Crippen molar-refractivity contribution in [1.29, 1.82) is 0 Å². The number of aliphatic hydroxyl groups excluding tert-OH is 1. The molecule has 0 aromatic carbocycles. The summed E-state index contributed by atoms with van der Waals surface area (Å²) in [4.78, 5) is 9.44. The van der Waals surface area contributed by atoms with E-state index in [4.69, 9.17) is 5.11 Å². The lowest BCUT2D eigenvalue weighted by Crippen LogP contribution is -1.76. The second-order valence-corrected chi connectivity index (χ2v) is 1.80. The highest BCUT2D eigenvalue weighted by Gasteiger charge is 1.62. The molecule has 0 rings (SSSR count). The summed E-state index contributed by atoms with van der Waals surface area (Å²) < 4.78 is 0. The average molecular weight is 136 g/mol. The Hall–Kier alpha value is -0.0200. The van der Waals surface area contributed by atoms with Crippen LogP contribution in [0.4, 0.5) is 0 Å². The van der Waals surface area contributed by atoms with Crippen molar-refractivity contribution in [2.24, 2.45) is 0 Å². The molecule has 0 saturated heterocycles. The van der Waals surface area contributed by atoms with Gasteiger partial charge >= 0.3 is 0 Å². The molecule has 3 heteroatoms. The minimum Gasteiger partial charge on any atom is -0.396 e. The van der Waals surface area contributed by atoms with Crippen LogP contribution < -0.4 is 0 Å². The van der Waals surface area contributed by atoms with Crippen LogP contribution in [-0.4, -0.2) is 23.2 Å². The Morgan fingerprint density at radius 3 is 1.75 bits per heavy atom. The maximum absolute atomic E-state index is 9.44. The Morgan fingerprint density at radius 1 is 1.62 bits per heavy atom. The lowest BCUT2D eigenvalue weighted by molar-refractivity contribution is -0.114. The summed E-state index contributed by atoms with van der Waals surface area (Å²) in [5.74, 6) is 0.736. The highest BCUT2D eigenvalue weighted by molar-refractivity contribution is 7.80. The van der Waals surface area contributed by atoms with Crippen molar-refractivity contribution in [3.63, 3.8) is 0 Å². The third-order valence-electron chi connectivity index (χ3n) is 0.1000. The van der Waals surface area contributed by atoms with Crippen LogP contribution in [-0.2, 0) is 4.79 Å². The number of ketones is 1. The summed E-state index contributed by atoms with van der Waals surface area (Å²) in [5, 5.41) is 7.80. The van der Waals surface area contributed by atoms with Crippen LogP contribution in [0.5, 0.6) is 0 Å². The molecule has 0 aromatic heterocycles. The van der Waals surface area contributed by atoms with E-state index in [0.717, 1.165) is 0 Å². The quantitative estimate of drug-likeness (QED) is 0.515. The number of Topliss-reactive ketones (excluding diaryl/α,β-unsaturated/α-hetero) is 1. The fourth-order valence-corrected chi connectivity index (χ4v) is 0. The average Bonchev–Trinajstić information content (AvgIpc) is 1.65. The lowest BCUT2D eigenvalue weighted by Gasteiger charge is -1.69. The lowest BCUT2D eigenvalue weighted by atomic mass is 10.6. The van der Waals surface area contributed by atoms with Gasteiger partial charge in [-0.25, -0.2) is 0 Å². The van der Waals surface area contributed by atoms with Gasteiger partial charge in [-0.2, -0.15) is 12.6 Å². The number of carbonyl (C=O) groups is 1. The molecule has 0 fully saturated rings. The first-order chi connectivity index (χ1) is 3.65. The molecule has 0 bridgehead atoms. The van der Waals surface area contributed by atoms with Crippen LogP contribution in [0.25, 0.3) is 0 Å². The Balaban J connectivity index is 0. The third-order valence-corrected chi connectivity index (χ3v) is 0.300. The molecular weight excluding hydrogens is 124 g/mol. The Morgan fingerprint density at radius 2 is 1.75 bits per heavy atom. The van der Waals surface area contributed by atoms with Crippen LogP contribution in [0.3, 0.4) is 0 Å². The van der Waals surface area contributed by atoms with E-state index in [2.05, 4.69) is 12.6 Å². The van der Waals surface area contributed by atoms with Crippen LogP contribution in [0.2, 0.25) is 0 Å². The molecule has 8 heavy (non-hydrogen) atoms. The van der Waals surface area contributed by atoms with Crippen molar-refractivity contribution in [3.05, 3.63) is 0 Å². The fraction of sp³-hybridized carbons (Fsp3) is 0.800. The van der Waals surface area contributed by atoms with E-state index in [1.165, 1.54) is 13.8 Å². The van der Waals surface area contributed by atoms with E-state index in [1.54, 1.807) is 0 Å². The number of hydrogen-bond acceptors (Lipinski definition) is 3. The highest BCUT2D eigenvalue weighted by atomic mass is 32.1. The van der Waals surface area contributed by atoms with E-state index in [9.17, 15) is 4.79 Å². The van der Waals surface area contributed by atoms with Gasteiger partial charge < -0.3 is 9.90 Å². The van der Waals surface area contributed by atoms with Gasteiger partial charge in [-0.1, -0.05) is 0 Å². The van der Waals surface area contributed by atoms with E-state index >= 15 is 0 Å². The van der Waals surface area contributed by atoms with Crippen molar-refractivity contribution in [2.75, 3.05) is 12.4 Å². The number of carbonyl (C=O) groups excluding carboxylic acids is 1. The molecule has 1 N–H and O–H groups in total. The summed E-state index contributed by atoms with van der Waals surface area (Å²) in [5.41, 5.74) is 0. The predicted octanol–water partition coefficient (Wildman–Crippen LogP) is 0.504. The predicted molar refractivity (Wildman–Crippen MR) is 37.3 cm³/mol. The molecule has 2 nitrogen and oxygen atoms in total. The van der Waals surface area contributed by atoms with E-state index in [1.807, 2.05) is 0 Å². The SMILES string of the molecule is CC(C)=O.OCCS. The van der Waals surface area contributed by atoms with Crippen molar-refractivity contribution in [2.45, 2.75) is 13.8 Å². The van der Waals surface area contributed by atoms with Crippen molar-refractivity contribution < 1.29 is 9.90 Å². The smallest absolute Gasteiger partial charge is 0.126 e.